The number of phosphoric ester groups is 1. The van der Waals surface area contributed by atoms with Crippen LogP contribution in [0.1, 0.15) is 117 Å². The number of carbonyl (C=O) groups is 1. The van der Waals surface area contributed by atoms with Gasteiger partial charge >= 0.3 is 13.8 Å². The fourth-order valence-corrected chi connectivity index (χ4v) is 4.98. The molecular weight excluding hydrogens is 631 g/mol. The van der Waals surface area contributed by atoms with Crippen LogP contribution < -0.4 is 0 Å². The van der Waals surface area contributed by atoms with E-state index in [1.807, 2.05) is 0 Å². The number of esters is 1. The summed E-state index contributed by atoms with van der Waals surface area (Å²) in [6, 6.07) is 0. The Morgan fingerprint density at radius 1 is 0.667 bits per heavy atom. The second-order valence-corrected chi connectivity index (χ2v) is 13.0. The van der Waals surface area contributed by atoms with Gasteiger partial charge in [-0.15, -0.1) is 0 Å². The van der Waals surface area contributed by atoms with E-state index >= 15 is 0 Å². The van der Waals surface area contributed by atoms with E-state index in [0.717, 1.165) is 70.6 Å². The number of carbonyl (C=O) groups excluding carboxylic acids is 1. The lowest BCUT2D eigenvalue weighted by molar-refractivity contribution is -0.154. The summed E-state index contributed by atoms with van der Waals surface area (Å²) in [5.41, 5.74) is 0. The number of aliphatic hydroxyl groups excluding tert-OH is 2. The molecular formula is C38H65O9P. The van der Waals surface area contributed by atoms with Crippen LogP contribution in [0.3, 0.4) is 0 Å². The molecule has 0 rings (SSSR count). The number of ether oxygens (including phenoxy) is 2. The van der Waals surface area contributed by atoms with E-state index in [1.54, 1.807) is 0 Å². The highest BCUT2D eigenvalue weighted by molar-refractivity contribution is 7.47. The van der Waals surface area contributed by atoms with E-state index in [2.05, 4.69) is 91.3 Å². The lowest BCUT2D eigenvalue weighted by atomic mass is 10.1. The van der Waals surface area contributed by atoms with Gasteiger partial charge in [0.05, 0.1) is 26.4 Å². The fraction of sp³-hybridized carbons (Fsp3) is 0.658. The minimum atomic E-state index is -4.52. The lowest BCUT2D eigenvalue weighted by Gasteiger charge is -2.20. The predicted octanol–water partition coefficient (Wildman–Crippen LogP) is 9.02. The van der Waals surface area contributed by atoms with Gasteiger partial charge < -0.3 is 24.6 Å². The molecule has 9 nitrogen and oxygen atoms in total. The number of hydrogen-bond donors (Lipinski definition) is 3. The number of hydrogen-bond acceptors (Lipinski definition) is 8. The van der Waals surface area contributed by atoms with Crippen LogP contribution in [0, 0.1) is 0 Å². The molecule has 0 radical (unpaired) electrons. The van der Waals surface area contributed by atoms with Crippen molar-refractivity contribution in [2.75, 3.05) is 33.0 Å². The predicted molar refractivity (Wildman–Crippen MR) is 196 cm³/mol. The molecule has 3 unspecified atom stereocenters. The summed E-state index contributed by atoms with van der Waals surface area (Å²) in [6.07, 6.45) is 39.0. The van der Waals surface area contributed by atoms with Gasteiger partial charge in [-0.05, 0) is 57.8 Å². The molecule has 0 bridgehead atoms. The standard InChI is InChI=1S/C38H65O9P/c1-3-5-7-9-11-12-13-14-15-16-17-18-19-20-21-22-23-25-27-29-31-44-34-37(35-46-48(42,43)45-33-36(40)32-39)47-38(41)30-28-26-24-10-8-6-4-2/h5,7,11-12,14-15,17-18,20-21,23,25,36-37,39-40H,3-4,6,8-10,13,16,19,22,24,26-35H2,1-2H3,(H,42,43)/b7-5-,12-11-,15-14-,18-17-,21-20-,25-23-. The zero-order valence-electron chi connectivity index (χ0n) is 29.7. The summed E-state index contributed by atoms with van der Waals surface area (Å²) in [4.78, 5) is 22.3. The number of rotatable bonds is 33. The van der Waals surface area contributed by atoms with Crippen LogP contribution in [0.2, 0.25) is 0 Å². The largest absolute Gasteiger partial charge is 0.472 e. The quantitative estimate of drug-likeness (QED) is 0.0266. The van der Waals surface area contributed by atoms with Crippen molar-refractivity contribution in [3.8, 4) is 0 Å². The van der Waals surface area contributed by atoms with Gasteiger partial charge in [0.2, 0.25) is 0 Å². The number of aliphatic hydroxyl groups is 2. The van der Waals surface area contributed by atoms with Gasteiger partial charge in [-0.1, -0.05) is 125 Å². The highest BCUT2D eigenvalue weighted by atomic mass is 31.2. The maximum atomic E-state index is 12.4. The second-order valence-electron chi connectivity index (χ2n) is 11.5. The van der Waals surface area contributed by atoms with Crippen LogP contribution in [0.15, 0.2) is 72.9 Å². The summed E-state index contributed by atoms with van der Waals surface area (Å²) in [6.45, 7) is 3.15. The van der Waals surface area contributed by atoms with Crippen LogP contribution in [0.5, 0.6) is 0 Å². The molecule has 0 aliphatic carbocycles. The molecule has 0 fully saturated rings. The van der Waals surface area contributed by atoms with Crippen molar-refractivity contribution >= 4 is 13.8 Å². The molecule has 3 N–H and O–H groups in total. The van der Waals surface area contributed by atoms with Crippen molar-refractivity contribution in [1.29, 1.82) is 0 Å². The van der Waals surface area contributed by atoms with E-state index in [4.69, 9.17) is 19.1 Å². The Hall–Kier alpha value is -2.10. The third-order valence-electron chi connectivity index (χ3n) is 6.91. The Bertz CT molecular complexity index is 971. The summed E-state index contributed by atoms with van der Waals surface area (Å²) in [5, 5.41) is 18.2. The summed E-state index contributed by atoms with van der Waals surface area (Å²) in [7, 11) is -4.52. The van der Waals surface area contributed by atoms with Crippen LogP contribution >= 0.6 is 7.82 Å². The molecule has 0 aromatic carbocycles. The molecule has 0 heterocycles. The Labute approximate surface area is 291 Å². The average molecular weight is 697 g/mol. The molecule has 0 aromatic rings. The first kappa shape index (κ1) is 45.9. The minimum Gasteiger partial charge on any atom is -0.457 e. The second kappa shape index (κ2) is 34.8. The van der Waals surface area contributed by atoms with Crippen LogP contribution in [0.25, 0.3) is 0 Å². The van der Waals surface area contributed by atoms with Gasteiger partial charge in [0.1, 0.15) is 12.2 Å². The van der Waals surface area contributed by atoms with E-state index in [0.29, 0.717) is 13.0 Å². The maximum absolute atomic E-state index is 12.4. The minimum absolute atomic E-state index is 0.00573. The van der Waals surface area contributed by atoms with Crippen molar-refractivity contribution in [2.45, 2.75) is 129 Å². The number of allylic oxidation sites excluding steroid dienone is 12. The first-order valence-corrected chi connectivity index (χ1v) is 19.4. The zero-order valence-corrected chi connectivity index (χ0v) is 30.6. The molecule has 0 saturated heterocycles. The smallest absolute Gasteiger partial charge is 0.457 e. The molecule has 0 spiro atoms. The Morgan fingerprint density at radius 2 is 1.17 bits per heavy atom. The molecule has 0 aromatic heterocycles. The topological polar surface area (TPSA) is 132 Å². The van der Waals surface area contributed by atoms with Crippen molar-refractivity contribution in [3.05, 3.63) is 72.9 Å². The Balaban J connectivity index is 4.30. The highest BCUT2D eigenvalue weighted by Crippen LogP contribution is 2.43. The van der Waals surface area contributed by atoms with E-state index < -0.39 is 45.8 Å². The summed E-state index contributed by atoms with van der Waals surface area (Å²) < 4.78 is 33.0. The van der Waals surface area contributed by atoms with E-state index in [9.17, 15) is 19.4 Å². The van der Waals surface area contributed by atoms with Gasteiger partial charge in [-0.2, -0.15) is 0 Å². The Kier molecular flexibility index (Phi) is 33.2. The normalized spacial score (nSPS) is 15.2. The molecule has 0 aliphatic heterocycles. The third-order valence-corrected chi connectivity index (χ3v) is 7.86. The first-order valence-electron chi connectivity index (χ1n) is 17.9. The zero-order chi connectivity index (χ0) is 35.4. The van der Waals surface area contributed by atoms with Gasteiger partial charge in [-0.3, -0.25) is 13.8 Å². The molecule has 276 valence electrons. The molecule has 10 heteroatoms. The molecule has 48 heavy (non-hydrogen) atoms. The van der Waals surface area contributed by atoms with Crippen molar-refractivity contribution in [3.63, 3.8) is 0 Å². The molecule has 0 saturated carbocycles. The third kappa shape index (κ3) is 33.8. The van der Waals surface area contributed by atoms with Crippen LogP contribution in [0.4, 0.5) is 0 Å². The van der Waals surface area contributed by atoms with Crippen LogP contribution in [-0.4, -0.2) is 66.3 Å². The maximum Gasteiger partial charge on any atom is 0.472 e. The van der Waals surface area contributed by atoms with Gasteiger partial charge in [0.25, 0.3) is 0 Å². The van der Waals surface area contributed by atoms with Gasteiger partial charge in [0.15, 0.2) is 0 Å². The SMILES string of the molecule is CC/C=C\C/C=C\C/C=C\C/C=C\C/C=C\C/C=C\CCCOCC(COP(=O)(O)OCC(O)CO)OC(=O)CCCCCCCCC. The lowest BCUT2D eigenvalue weighted by Crippen LogP contribution is -2.29. The van der Waals surface area contributed by atoms with Gasteiger partial charge in [0, 0.05) is 13.0 Å². The molecule has 0 aliphatic rings. The highest BCUT2D eigenvalue weighted by Gasteiger charge is 2.26. The van der Waals surface area contributed by atoms with E-state index in [1.165, 1.54) is 19.3 Å². The first-order chi connectivity index (χ1) is 23.3. The Morgan fingerprint density at radius 3 is 1.71 bits per heavy atom. The average Bonchev–Trinajstić information content (AvgIpc) is 3.07. The fourth-order valence-electron chi connectivity index (χ4n) is 4.19. The summed E-state index contributed by atoms with van der Waals surface area (Å²) >= 11 is 0. The van der Waals surface area contributed by atoms with Crippen molar-refractivity contribution in [1.82, 2.24) is 0 Å². The molecule has 3 atom stereocenters. The summed E-state index contributed by atoms with van der Waals surface area (Å²) in [5.74, 6) is -0.414. The van der Waals surface area contributed by atoms with Crippen molar-refractivity contribution in [2.24, 2.45) is 0 Å². The van der Waals surface area contributed by atoms with E-state index in [-0.39, 0.29) is 13.0 Å². The molecule has 0 amide bonds. The van der Waals surface area contributed by atoms with Gasteiger partial charge in [-0.25, -0.2) is 4.57 Å². The number of phosphoric acid groups is 1. The number of unbranched alkanes of at least 4 members (excludes halogenated alkanes) is 7. The van der Waals surface area contributed by atoms with Crippen LogP contribution in [-0.2, 0) is 27.9 Å². The monoisotopic (exact) mass is 696 g/mol. The van der Waals surface area contributed by atoms with Crippen molar-refractivity contribution < 1.29 is 43.0 Å².